The lowest BCUT2D eigenvalue weighted by Gasteiger charge is -2.43. The highest BCUT2D eigenvalue weighted by Gasteiger charge is 2.31. The van der Waals surface area contributed by atoms with E-state index in [1.54, 1.807) is 12.1 Å². The summed E-state index contributed by atoms with van der Waals surface area (Å²) in [5.74, 6) is -0.151. The molecular formula is C16H25FN2. The maximum absolute atomic E-state index is 12.9. The monoisotopic (exact) mass is 264 g/mol. The van der Waals surface area contributed by atoms with Gasteiger partial charge < -0.3 is 5.32 Å². The van der Waals surface area contributed by atoms with Gasteiger partial charge in [-0.3, -0.25) is 4.90 Å². The summed E-state index contributed by atoms with van der Waals surface area (Å²) in [6, 6.07) is 6.89. The largest absolute Gasteiger partial charge is 0.309 e. The van der Waals surface area contributed by atoms with E-state index >= 15 is 0 Å². The van der Waals surface area contributed by atoms with Gasteiger partial charge in [0.05, 0.1) is 0 Å². The second-order valence-electron chi connectivity index (χ2n) is 5.57. The van der Waals surface area contributed by atoms with Crippen molar-refractivity contribution in [2.45, 2.75) is 38.6 Å². The number of hydrogen-bond donors (Lipinski definition) is 1. The highest BCUT2D eigenvalue weighted by molar-refractivity contribution is 5.16. The van der Waals surface area contributed by atoms with Crippen LogP contribution >= 0.6 is 0 Å². The molecule has 2 nitrogen and oxygen atoms in total. The SMILES string of the molecule is CCC1(CC)CN(CCc2ccc(F)cc2)CCN1. The fraction of sp³-hybridized carbons (Fsp3) is 0.625. The van der Waals surface area contributed by atoms with Gasteiger partial charge in [0.15, 0.2) is 0 Å². The summed E-state index contributed by atoms with van der Waals surface area (Å²) in [7, 11) is 0. The summed E-state index contributed by atoms with van der Waals surface area (Å²) >= 11 is 0. The number of nitrogens with zero attached hydrogens (tertiary/aromatic N) is 1. The number of rotatable bonds is 5. The van der Waals surface area contributed by atoms with Gasteiger partial charge in [0.2, 0.25) is 0 Å². The van der Waals surface area contributed by atoms with Crippen LogP contribution < -0.4 is 5.32 Å². The molecule has 0 aromatic heterocycles. The first-order chi connectivity index (χ1) is 9.17. The van der Waals surface area contributed by atoms with Crippen molar-refractivity contribution >= 4 is 0 Å². The van der Waals surface area contributed by atoms with Crippen molar-refractivity contribution in [2.75, 3.05) is 26.2 Å². The van der Waals surface area contributed by atoms with Gasteiger partial charge in [-0.1, -0.05) is 26.0 Å². The average molecular weight is 264 g/mol. The summed E-state index contributed by atoms with van der Waals surface area (Å²) in [6.07, 6.45) is 3.36. The average Bonchev–Trinajstić information content (AvgIpc) is 2.47. The molecule has 106 valence electrons. The quantitative estimate of drug-likeness (QED) is 0.880. The minimum absolute atomic E-state index is 0.151. The van der Waals surface area contributed by atoms with Crippen LogP contribution in [0.3, 0.4) is 0 Å². The molecule has 0 spiro atoms. The molecule has 3 heteroatoms. The van der Waals surface area contributed by atoms with Gasteiger partial charge in [0.25, 0.3) is 0 Å². The molecule has 1 fully saturated rings. The van der Waals surface area contributed by atoms with Crippen LogP contribution in [0.15, 0.2) is 24.3 Å². The van der Waals surface area contributed by atoms with E-state index in [1.165, 1.54) is 18.4 Å². The Morgan fingerprint density at radius 2 is 1.89 bits per heavy atom. The Labute approximate surface area is 116 Å². The third-order valence-corrected chi connectivity index (χ3v) is 4.44. The number of benzene rings is 1. The molecule has 0 bridgehead atoms. The lowest BCUT2D eigenvalue weighted by Crippen LogP contribution is -2.60. The molecule has 0 atom stereocenters. The maximum atomic E-state index is 12.9. The van der Waals surface area contributed by atoms with Gasteiger partial charge in [0, 0.05) is 31.7 Å². The Bertz CT molecular complexity index is 384. The van der Waals surface area contributed by atoms with E-state index in [9.17, 15) is 4.39 Å². The molecule has 1 aromatic rings. The van der Waals surface area contributed by atoms with E-state index in [-0.39, 0.29) is 5.82 Å². The lowest BCUT2D eigenvalue weighted by molar-refractivity contribution is 0.125. The van der Waals surface area contributed by atoms with E-state index in [0.29, 0.717) is 5.54 Å². The van der Waals surface area contributed by atoms with Crippen molar-refractivity contribution in [1.29, 1.82) is 0 Å². The van der Waals surface area contributed by atoms with Gasteiger partial charge in [-0.2, -0.15) is 0 Å². The van der Waals surface area contributed by atoms with E-state index in [4.69, 9.17) is 0 Å². The number of halogens is 1. The van der Waals surface area contributed by atoms with Crippen molar-refractivity contribution < 1.29 is 4.39 Å². The van der Waals surface area contributed by atoms with Crippen LogP contribution in [0.1, 0.15) is 32.3 Å². The predicted octanol–water partition coefficient (Wildman–Crippen LogP) is 2.83. The van der Waals surface area contributed by atoms with Crippen molar-refractivity contribution in [1.82, 2.24) is 10.2 Å². The van der Waals surface area contributed by atoms with Crippen LogP contribution in [-0.2, 0) is 6.42 Å². The van der Waals surface area contributed by atoms with Crippen molar-refractivity contribution in [2.24, 2.45) is 0 Å². The topological polar surface area (TPSA) is 15.3 Å². The summed E-state index contributed by atoms with van der Waals surface area (Å²) in [4.78, 5) is 2.53. The molecule has 0 radical (unpaired) electrons. The second-order valence-corrected chi connectivity index (χ2v) is 5.57. The van der Waals surface area contributed by atoms with Gasteiger partial charge in [0.1, 0.15) is 5.82 Å². The molecular weight excluding hydrogens is 239 g/mol. The summed E-state index contributed by atoms with van der Waals surface area (Å²) < 4.78 is 12.9. The Kier molecular flexibility index (Phi) is 4.94. The van der Waals surface area contributed by atoms with Crippen molar-refractivity contribution in [3.8, 4) is 0 Å². The summed E-state index contributed by atoms with van der Waals surface area (Å²) in [5, 5.41) is 3.68. The zero-order valence-electron chi connectivity index (χ0n) is 12.1. The second kappa shape index (κ2) is 6.49. The molecule has 0 unspecified atom stereocenters. The molecule has 1 heterocycles. The highest BCUT2D eigenvalue weighted by atomic mass is 19.1. The number of piperazine rings is 1. The molecule has 19 heavy (non-hydrogen) atoms. The molecule has 2 rings (SSSR count). The van der Waals surface area contributed by atoms with Crippen LogP contribution in [-0.4, -0.2) is 36.6 Å². The third-order valence-electron chi connectivity index (χ3n) is 4.44. The van der Waals surface area contributed by atoms with E-state index in [2.05, 4.69) is 24.1 Å². The Morgan fingerprint density at radius 1 is 1.21 bits per heavy atom. The molecule has 0 aliphatic carbocycles. The van der Waals surface area contributed by atoms with E-state index < -0.39 is 0 Å². The standard InChI is InChI=1S/C16H25FN2/c1-3-16(4-2)13-19(12-10-18-16)11-9-14-5-7-15(17)8-6-14/h5-8,18H,3-4,9-13H2,1-2H3. The molecule has 1 aromatic carbocycles. The van der Waals surface area contributed by atoms with Gasteiger partial charge >= 0.3 is 0 Å². The first-order valence-corrected chi connectivity index (χ1v) is 7.39. The van der Waals surface area contributed by atoms with Crippen LogP contribution in [0.2, 0.25) is 0 Å². The normalized spacial score (nSPS) is 19.5. The molecule has 1 aliphatic rings. The zero-order valence-corrected chi connectivity index (χ0v) is 12.1. The van der Waals surface area contributed by atoms with Gasteiger partial charge in [-0.25, -0.2) is 4.39 Å². The molecule has 1 N–H and O–H groups in total. The summed E-state index contributed by atoms with van der Waals surface area (Å²) in [6.45, 7) is 8.91. The summed E-state index contributed by atoms with van der Waals surface area (Å²) in [5.41, 5.74) is 1.51. The number of nitrogens with one attached hydrogen (secondary N) is 1. The lowest BCUT2D eigenvalue weighted by atomic mass is 9.90. The highest BCUT2D eigenvalue weighted by Crippen LogP contribution is 2.20. The molecule has 0 amide bonds. The third kappa shape index (κ3) is 3.77. The van der Waals surface area contributed by atoms with Crippen LogP contribution in [0.4, 0.5) is 4.39 Å². The van der Waals surface area contributed by atoms with Gasteiger partial charge in [-0.05, 0) is 37.0 Å². The molecule has 1 aliphatic heterocycles. The van der Waals surface area contributed by atoms with Crippen LogP contribution in [0.25, 0.3) is 0 Å². The Morgan fingerprint density at radius 3 is 2.53 bits per heavy atom. The Hall–Kier alpha value is -0.930. The maximum Gasteiger partial charge on any atom is 0.123 e. The Balaban J connectivity index is 1.87. The minimum atomic E-state index is -0.151. The minimum Gasteiger partial charge on any atom is -0.309 e. The van der Waals surface area contributed by atoms with E-state index in [0.717, 1.165) is 32.6 Å². The predicted molar refractivity (Wildman–Crippen MR) is 77.9 cm³/mol. The fourth-order valence-electron chi connectivity index (χ4n) is 2.89. The van der Waals surface area contributed by atoms with E-state index in [1.807, 2.05) is 12.1 Å². The smallest absolute Gasteiger partial charge is 0.123 e. The zero-order chi connectivity index (χ0) is 13.7. The number of hydrogen-bond acceptors (Lipinski definition) is 2. The first-order valence-electron chi connectivity index (χ1n) is 7.39. The molecule has 1 saturated heterocycles. The first kappa shape index (κ1) is 14.5. The van der Waals surface area contributed by atoms with Crippen LogP contribution in [0.5, 0.6) is 0 Å². The molecule has 0 saturated carbocycles. The van der Waals surface area contributed by atoms with Crippen molar-refractivity contribution in [3.63, 3.8) is 0 Å². The fourth-order valence-corrected chi connectivity index (χ4v) is 2.89. The van der Waals surface area contributed by atoms with Crippen molar-refractivity contribution in [3.05, 3.63) is 35.6 Å². The van der Waals surface area contributed by atoms with Crippen LogP contribution in [0, 0.1) is 5.82 Å². The van der Waals surface area contributed by atoms with Gasteiger partial charge in [-0.15, -0.1) is 0 Å².